The van der Waals surface area contributed by atoms with Crippen LogP contribution in [-0.4, -0.2) is 24.2 Å². The highest BCUT2D eigenvalue weighted by atomic mass is 35.5. The van der Waals surface area contributed by atoms with Gasteiger partial charge < -0.3 is 25.8 Å². The smallest absolute Gasteiger partial charge is 0.159 e. The number of nitrogens with two attached hydrogens (primary N) is 1. The number of nitrogens with one attached hydrogen (secondary N) is 2. The first kappa shape index (κ1) is 19.5. The van der Waals surface area contributed by atoms with Gasteiger partial charge in [-0.1, -0.05) is 23.7 Å². The molecule has 0 unspecified atom stereocenters. The second kappa shape index (κ2) is 8.62. The van der Waals surface area contributed by atoms with Crippen molar-refractivity contribution in [1.82, 2.24) is 9.97 Å². The lowest BCUT2D eigenvalue weighted by Crippen LogP contribution is -2.08. The molecule has 0 aliphatic carbocycles. The van der Waals surface area contributed by atoms with Crippen LogP contribution in [0.2, 0.25) is 5.02 Å². The molecule has 0 radical (unpaired) electrons. The molecule has 9 heteroatoms. The van der Waals surface area contributed by atoms with Crippen LogP contribution in [0.3, 0.4) is 0 Å². The quantitative estimate of drug-likeness (QED) is 0.543. The standard InChI is InChI=1S/C19H19ClFN5O2/c1-27-15-8-16(28-2)14(7-13(15)20)26-19-17(22)18(24-10-25-19)23-9-11-3-5-12(21)6-4-11/h3-8,10H,9,22H2,1-2H3,(H2,23,24,25,26). The normalized spacial score (nSPS) is 10.4. The van der Waals surface area contributed by atoms with Crippen molar-refractivity contribution in [2.24, 2.45) is 0 Å². The molecule has 0 atom stereocenters. The zero-order chi connectivity index (χ0) is 20.1. The van der Waals surface area contributed by atoms with Crippen molar-refractivity contribution in [3.05, 3.63) is 59.1 Å². The average molecular weight is 404 g/mol. The number of ether oxygens (including phenoxy) is 2. The molecular weight excluding hydrogens is 385 g/mol. The van der Waals surface area contributed by atoms with Crippen LogP contribution < -0.4 is 25.8 Å². The van der Waals surface area contributed by atoms with E-state index in [0.717, 1.165) is 5.56 Å². The molecule has 0 saturated carbocycles. The van der Waals surface area contributed by atoms with E-state index in [1.165, 1.54) is 32.7 Å². The van der Waals surface area contributed by atoms with Gasteiger partial charge in [-0.05, 0) is 23.8 Å². The van der Waals surface area contributed by atoms with Gasteiger partial charge in [0.2, 0.25) is 0 Å². The van der Waals surface area contributed by atoms with Crippen LogP contribution >= 0.6 is 11.6 Å². The first-order valence-electron chi connectivity index (χ1n) is 8.29. The summed E-state index contributed by atoms with van der Waals surface area (Å²) in [6.45, 7) is 0.429. The summed E-state index contributed by atoms with van der Waals surface area (Å²) >= 11 is 6.20. The van der Waals surface area contributed by atoms with Gasteiger partial charge in [-0.2, -0.15) is 0 Å². The van der Waals surface area contributed by atoms with E-state index >= 15 is 0 Å². The SMILES string of the molecule is COc1cc(OC)c(Nc2ncnc(NCc3ccc(F)cc3)c2N)cc1Cl. The molecule has 3 rings (SSSR count). The first-order chi connectivity index (χ1) is 13.5. The van der Waals surface area contributed by atoms with E-state index in [1.54, 1.807) is 24.3 Å². The Morgan fingerprint density at radius 1 is 1.04 bits per heavy atom. The summed E-state index contributed by atoms with van der Waals surface area (Å²) in [5, 5.41) is 6.63. The summed E-state index contributed by atoms with van der Waals surface area (Å²) in [6.07, 6.45) is 1.38. The fourth-order valence-electron chi connectivity index (χ4n) is 2.51. The summed E-state index contributed by atoms with van der Waals surface area (Å²) in [6, 6.07) is 9.48. The van der Waals surface area contributed by atoms with Crippen LogP contribution in [0, 0.1) is 5.82 Å². The van der Waals surface area contributed by atoms with Gasteiger partial charge in [0.25, 0.3) is 0 Å². The van der Waals surface area contributed by atoms with Crippen molar-refractivity contribution < 1.29 is 13.9 Å². The summed E-state index contributed by atoms with van der Waals surface area (Å²) < 4.78 is 23.6. The summed E-state index contributed by atoms with van der Waals surface area (Å²) in [4.78, 5) is 8.34. The van der Waals surface area contributed by atoms with Gasteiger partial charge in [0.1, 0.15) is 29.3 Å². The molecule has 0 spiro atoms. The zero-order valence-corrected chi connectivity index (χ0v) is 16.0. The van der Waals surface area contributed by atoms with Crippen LogP contribution in [0.1, 0.15) is 5.56 Å². The lowest BCUT2D eigenvalue weighted by atomic mass is 10.2. The third-order valence-corrected chi connectivity index (χ3v) is 4.28. The number of anilines is 4. The van der Waals surface area contributed by atoms with E-state index in [1.807, 2.05) is 0 Å². The minimum Gasteiger partial charge on any atom is -0.495 e. The maximum absolute atomic E-state index is 13.0. The Morgan fingerprint density at radius 3 is 2.39 bits per heavy atom. The molecule has 1 heterocycles. The predicted octanol–water partition coefficient (Wildman–Crippen LogP) is 4.22. The molecule has 0 aliphatic heterocycles. The fraction of sp³-hybridized carbons (Fsp3) is 0.158. The number of hydrogen-bond acceptors (Lipinski definition) is 7. The Bertz CT molecular complexity index is 969. The maximum Gasteiger partial charge on any atom is 0.159 e. The molecule has 7 nitrogen and oxygen atoms in total. The third-order valence-electron chi connectivity index (χ3n) is 3.98. The molecule has 0 saturated heterocycles. The second-order valence-electron chi connectivity index (χ2n) is 5.78. The highest BCUT2D eigenvalue weighted by molar-refractivity contribution is 6.32. The van der Waals surface area contributed by atoms with Crippen molar-refractivity contribution in [1.29, 1.82) is 0 Å². The number of nitrogens with zero attached hydrogens (tertiary/aromatic N) is 2. The summed E-state index contributed by atoms with van der Waals surface area (Å²) in [7, 11) is 3.06. The largest absolute Gasteiger partial charge is 0.495 e. The van der Waals surface area contributed by atoms with Gasteiger partial charge in [-0.15, -0.1) is 0 Å². The lowest BCUT2D eigenvalue weighted by molar-refractivity contribution is 0.396. The summed E-state index contributed by atoms with van der Waals surface area (Å²) in [5.41, 5.74) is 7.97. The van der Waals surface area contributed by atoms with Gasteiger partial charge in [-0.3, -0.25) is 0 Å². The number of hydrogen-bond donors (Lipinski definition) is 3. The van der Waals surface area contributed by atoms with Gasteiger partial charge in [0.05, 0.1) is 24.9 Å². The van der Waals surface area contributed by atoms with E-state index in [2.05, 4.69) is 20.6 Å². The molecule has 0 amide bonds. The van der Waals surface area contributed by atoms with Gasteiger partial charge in [0, 0.05) is 12.6 Å². The number of benzene rings is 2. The van der Waals surface area contributed by atoms with Crippen LogP contribution in [0.4, 0.5) is 27.4 Å². The number of nitrogen functional groups attached to an aromatic ring is 1. The number of rotatable bonds is 7. The van der Waals surface area contributed by atoms with Crippen LogP contribution in [0.15, 0.2) is 42.7 Å². The Kier molecular flexibility index (Phi) is 6.00. The van der Waals surface area contributed by atoms with Crippen molar-refractivity contribution in [3.63, 3.8) is 0 Å². The van der Waals surface area contributed by atoms with Crippen LogP contribution in [0.25, 0.3) is 0 Å². The Balaban J connectivity index is 1.81. The van der Waals surface area contributed by atoms with E-state index in [0.29, 0.717) is 46.1 Å². The van der Waals surface area contributed by atoms with Gasteiger partial charge in [-0.25, -0.2) is 14.4 Å². The molecule has 28 heavy (non-hydrogen) atoms. The second-order valence-corrected chi connectivity index (χ2v) is 6.18. The van der Waals surface area contributed by atoms with E-state index < -0.39 is 0 Å². The molecule has 3 aromatic rings. The molecule has 2 aromatic carbocycles. The van der Waals surface area contributed by atoms with Crippen molar-refractivity contribution in [2.75, 3.05) is 30.6 Å². The number of aromatic nitrogens is 2. The summed E-state index contributed by atoms with van der Waals surface area (Å²) in [5.74, 6) is 1.54. The molecule has 1 aromatic heterocycles. The average Bonchev–Trinajstić information content (AvgIpc) is 2.70. The van der Waals surface area contributed by atoms with E-state index in [9.17, 15) is 4.39 Å². The minimum atomic E-state index is -0.288. The molecular formula is C19H19ClFN5O2. The van der Waals surface area contributed by atoms with E-state index in [4.69, 9.17) is 26.8 Å². The van der Waals surface area contributed by atoms with Crippen LogP contribution in [0.5, 0.6) is 11.5 Å². The topological polar surface area (TPSA) is 94.3 Å². The Labute approximate surface area is 166 Å². The first-order valence-corrected chi connectivity index (χ1v) is 8.67. The highest BCUT2D eigenvalue weighted by Gasteiger charge is 2.14. The maximum atomic E-state index is 13.0. The molecule has 0 fully saturated rings. The molecule has 146 valence electrons. The fourth-order valence-corrected chi connectivity index (χ4v) is 2.75. The zero-order valence-electron chi connectivity index (χ0n) is 15.3. The van der Waals surface area contributed by atoms with Gasteiger partial charge >= 0.3 is 0 Å². The monoisotopic (exact) mass is 403 g/mol. The van der Waals surface area contributed by atoms with E-state index in [-0.39, 0.29) is 5.82 Å². The van der Waals surface area contributed by atoms with Gasteiger partial charge in [0.15, 0.2) is 11.6 Å². The Hall–Kier alpha value is -3.26. The van der Waals surface area contributed by atoms with Crippen LogP contribution in [-0.2, 0) is 6.54 Å². The highest BCUT2D eigenvalue weighted by Crippen LogP contribution is 2.38. The third kappa shape index (κ3) is 4.34. The predicted molar refractivity (Wildman–Crippen MR) is 108 cm³/mol. The number of methoxy groups -OCH3 is 2. The van der Waals surface area contributed by atoms with Crippen molar-refractivity contribution >= 4 is 34.6 Å². The lowest BCUT2D eigenvalue weighted by Gasteiger charge is -2.16. The molecule has 0 aliphatic rings. The molecule has 4 N–H and O–H groups in total. The minimum absolute atomic E-state index is 0.288. The Morgan fingerprint density at radius 2 is 1.71 bits per heavy atom. The molecule has 0 bridgehead atoms. The number of halogens is 2. The van der Waals surface area contributed by atoms with Crippen molar-refractivity contribution in [2.45, 2.75) is 6.54 Å². The van der Waals surface area contributed by atoms with Crippen molar-refractivity contribution in [3.8, 4) is 11.5 Å².